The van der Waals surface area contributed by atoms with Crippen LogP contribution in [-0.2, 0) is 19.4 Å². The lowest BCUT2D eigenvalue weighted by Crippen LogP contribution is -2.39. The first-order chi connectivity index (χ1) is 14.0. The number of aromatic nitrogens is 2. The van der Waals surface area contributed by atoms with Crippen molar-refractivity contribution in [1.29, 1.82) is 0 Å². The van der Waals surface area contributed by atoms with Crippen LogP contribution in [0.25, 0.3) is 15.9 Å². The van der Waals surface area contributed by atoms with Gasteiger partial charge in [0.05, 0.1) is 17.6 Å². The lowest BCUT2D eigenvalue weighted by Gasteiger charge is -2.13. The monoisotopic (exact) mass is 442 g/mol. The van der Waals surface area contributed by atoms with Crippen LogP contribution in [0, 0.1) is 0 Å². The average molecular weight is 443 g/mol. The van der Waals surface area contributed by atoms with Gasteiger partial charge in [0, 0.05) is 14.9 Å². The molecule has 0 saturated heterocycles. The van der Waals surface area contributed by atoms with Gasteiger partial charge in [-0.15, -0.1) is 11.3 Å². The maximum atomic E-state index is 13.5. The maximum absolute atomic E-state index is 13.5. The Morgan fingerprint density at radius 1 is 0.966 bits per heavy atom. The molecule has 7 heteroatoms. The molecule has 0 saturated carbocycles. The smallest absolute Gasteiger partial charge is 0.280 e. The quantitative estimate of drug-likeness (QED) is 0.445. The second-order valence-corrected chi connectivity index (χ2v) is 9.11. The number of rotatable bonds is 3. The van der Waals surface area contributed by atoms with Crippen molar-refractivity contribution in [1.82, 2.24) is 9.13 Å². The molecule has 0 fully saturated rings. The topological polar surface area (TPSA) is 44.0 Å². The first-order valence-electron chi connectivity index (χ1n) is 9.33. The largest absolute Gasteiger partial charge is 0.337 e. The van der Waals surface area contributed by atoms with E-state index in [-0.39, 0.29) is 11.2 Å². The van der Waals surface area contributed by atoms with E-state index in [1.165, 1.54) is 9.44 Å². The van der Waals surface area contributed by atoms with Crippen molar-refractivity contribution in [2.75, 3.05) is 0 Å². The highest BCUT2D eigenvalue weighted by Crippen LogP contribution is 2.35. The van der Waals surface area contributed by atoms with E-state index in [9.17, 15) is 9.59 Å². The van der Waals surface area contributed by atoms with Crippen LogP contribution in [0.5, 0.6) is 0 Å². The van der Waals surface area contributed by atoms with Gasteiger partial charge >= 0.3 is 5.69 Å². The summed E-state index contributed by atoms with van der Waals surface area (Å²) < 4.78 is 2.94. The Kier molecular flexibility index (Phi) is 4.62. The number of hydrogen-bond acceptors (Lipinski definition) is 3. The summed E-state index contributed by atoms with van der Waals surface area (Å²) in [6.07, 6.45) is 2.88. The average Bonchev–Trinajstić information content (AvgIpc) is 3.28. The van der Waals surface area contributed by atoms with E-state index in [0.29, 0.717) is 27.7 Å². The molecular weight excluding hydrogens is 427 g/mol. The number of aryl methyl sites for hydroxylation is 2. The summed E-state index contributed by atoms with van der Waals surface area (Å²) in [5.74, 6) is 0. The Balaban J connectivity index is 1.82. The van der Waals surface area contributed by atoms with E-state index < -0.39 is 0 Å². The third-order valence-corrected chi connectivity index (χ3v) is 7.11. The van der Waals surface area contributed by atoms with Crippen LogP contribution < -0.4 is 11.2 Å². The Bertz CT molecular complexity index is 1370. The molecule has 1 aliphatic carbocycles. The molecule has 2 heterocycles. The summed E-state index contributed by atoms with van der Waals surface area (Å²) in [5, 5.41) is 1.79. The van der Waals surface area contributed by atoms with Gasteiger partial charge < -0.3 is 0 Å². The van der Waals surface area contributed by atoms with E-state index in [2.05, 4.69) is 0 Å². The Morgan fingerprint density at radius 2 is 1.76 bits per heavy atom. The fourth-order valence-corrected chi connectivity index (χ4v) is 5.64. The fraction of sp³-hybridized carbons (Fsp3) is 0.182. The number of fused-ring (bicyclic) bond motifs is 3. The minimum Gasteiger partial charge on any atom is -0.280 e. The molecule has 5 rings (SSSR count). The van der Waals surface area contributed by atoms with Crippen molar-refractivity contribution in [2.24, 2.45) is 0 Å². The molecule has 2 aromatic carbocycles. The molecule has 29 heavy (non-hydrogen) atoms. The third kappa shape index (κ3) is 3.14. The Morgan fingerprint density at radius 3 is 2.52 bits per heavy atom. The van der Waals surface area contributed by atoms with Gasteiger partial charge in [0.1, 0.15) is 4.83 Å². The number of halogens is 2. The van der Waals surface area contributed by atoms with Crippen LogP contribution >= 0.6 is 34.5 Å². The van der Waals surface area contributed by atoms with Crippen LogP contribution in [0.3, 0.4) is 0 Å². The molecule has 146 valence electrons. The van der Waals surface area contributed by atoms with Crippen molar-refractivity contribution < 1.29 is 0 Å². The van der Waals surface area contributed by atoms with E-state index in [0.717, 1.165) is 35.2 Å². The normalized spacial score (nSPS) is 13.2. The van der Waals surface area contributed by atoms with Gasteiger partial charge in [0.25, 0.3) is 5.56 Å². The number of thiophene rings is 1. The molecule has 1 aliphatic rings. The summed E-state index contributed by atoms with van der Waals surface area (Å²) in [7, 11) is 0. The molecule has 0 spiro atoms. The molecule has 0 atom stereocenters. The summed E-state index contributed by atoms with van der Waals surface area (Å²) in [5.41, 5.74) is 1.90. The van der Waals surface area contributed by atoms with Gasteiger partial charge in [-0.05, 0) is 60.7 Å². The van der Waals surface area contributed by atoms with Crippen LogP contribution in [0.15, 0.2) is 58.1 Å². The van der Waals surface area contributed by atoms with Gasteiger partial charge in [0.15, 0.2) is 0 Å². The number of nitrogens with zero attached hydrogens (tertiary/aromatic N) is 2. The molecular formula is C22H16Cl2N2O2S. The zero-order valence-electron chi connectivity index (χ0n) is 15.3. The highest BCUT2D eigenvalue weighted by atomic mass is 35.5. The van der Waals surface area contributed by atoms with Gasteiger partial charge in [-0.25, -0.2) is 9.36 Å². The highest BCUT2D eigenvalue weighted by Gasteiger charge is 2.25. The molecule has 0 amide bonds. The van der Waals surface area contributed by atoms with Crippen molar-refractivity contribution in [3.8, 4) is 5.69 Å². The van der Waals surface area contributed by atoms with Crippen LogP contribution in [0.2, 0.25) is 10.0 Å². The highest BCUT2D eigenvalue weighted by molar-refractivity contribution is 7.18. The van der Waals surface area contributed by atoms with Gasteiger partial charge in [-0.3, -0.25) is 9.36 Å². The molecule has 0 bridgehead atoms. The van der Waals surface area contributed by atoms with Crippen LogP contribution in [0.4, 0.5) is 0 Å². The van der Waals surface area contributed by atoms with E-state index >= 15 is 0 Å². The molecule has 4 nitrogen and oxygen atoms in total. The Labute approximate surface area is 180 Å². The molecule has 0 unspecified atom stereocenters. The predicted molar refractivity (Wildman–Crippen MR) is 119 cm³/mol. The molecule has 0 radical (unpaired) electrons. The standard InChI is InChI=1S/C22H16Cl2N2O2S/c23-14-9-7-13(8-10-14)12-25-21-19(17-5-2-6-18(17)29-21)20(27)26(22(25)28)16-4-1-3-15(24)11-16/h1,3-4,7-11H,2,5-6,12H2. The fourth-order valence-electron chi connectivity index (χ4n) is 3.96. The molecule has 2 aromatic heterocycles. The van der Waals surface area contributed by atoms with Crippen molar-refractivity contribution in [2.45, 2.75) is 25.8 Å². The first kappa shape index (κ1) is 18.7. The lowest BCUT2D eigenvalue weighted by molar-refractivity contribution is 0.718. The predicted octanol–water partition coefficient (Wildman–Crippen LogP) is 5.06. The van der Waals surface area contributed by atoms with Gasteiger partial charge in [0.2, 0.25) is 0 Å². The summed E-state index contributed by atoms with van der Waals surface area (Å²) >= 11 is 13.7. The van der Waals surface area contributed by atoms with E-state index in [4.69, 9.17) is 23.2 Å². The summed E-state index contributed by atoms with van der Waals surface area (Å²) in [6.45, 7) is 0.368. The number of hydrogen-bond donors (Lipinski definition) is 0. The van der Waals surface area contributed by atoms with Crippen molar-refractivity contribution in [3.63, 3.8) is 0 Å². The lowest BCUT2D eigenvalue weighted by atomic mass is 10.2. The molecule has 0 aliphatic heterocycles. The first-order valence-corrected chi connectivity index (χ1v) is 10.9. The van der Waals surface area contributed by atoms with Crippen LogP contribution in [0.1, 0.15) is 22.4 Å². The van der Waals surface area contributed by atoms with Crippen molar-refractivity contribution in [3.05, 3.63) is 95.4 Å². The third-order valence-electron chi connectivity index (χ3n) is 5.31. The second kappa shape index (κ2) is 7.17. The van der Waals surface area contributed by atoms with Gasteiger partial charge in [-0.1, -0.05) is 41.4 Å². The summed E-state index contributed by atoms with van der Waals surface area (Å²) in [4.78, 5) is 28.9. The zero-order chi connectivity index (χ0) is 20.1. The Hall–Kier alpha value is -2.34. The maximum Gasteiger partial charge on any atom is 0.337 e. The number of benzene rings is 2. The molecule has 0 N–H and O–H groups in total. The van der Waals surface area contributed by atoms with E-state index in [1.807, 2.05) is 12.1 Å². The van der Waals surface area contributed by atoms with Crippen molar-refractivity contribution >= 4 is 44.8 Å². The van der Waals surface area contributed by atoms with Gasteiger partial charge in [-0.2, -0.15) is 0 Å². The van der Waals surface area contributed by atoms with Crippen LogP contribution in [-0.4, -0.2) is 9.13 Å². The SMILES string of the molecule is O=c1c2c3c(sc2n(Cc2ccc(Cl)cc2)c(=O)n1-c1cccc(Cl)c1)CCC3. The minimum atomic E-state index is -0.361. The summed E-state index contributed by atoms with van der Waals surface area (Å²) in [6, 6.07) is 14.3. The second-order valence-electron chi connectivity index (χ2n) is 7.15. The van der Waals surface area contributed by atoms with E-state index in [1.54, 1.807) is 52.3 Å². The zero-order valence-corrected chi connectivity index (χ0v) is 17.7. The molecule has 4 aromatic rings. The minimum absolute atomic E-state index is 0.265.